The van der Waals surface area contributed by atoms with Crippen molar-refractivity contribution < 1.29 is 14.7 Å². The second-order valence-electron chi connectivity index (χ2n) is 4.16. The van der Waals surface area contributed by atoms with Crippen LogP contribution in [-0.2, 0) is 9.59 Å². The lowest BCUT2D eigenvalue weighted by Crippen LogP contribution is -2.29. The van der Waals surface area contributed by atoms with Crippen LogP contribution in [0.5, 0.6) is 0 Å². The van der Waals surface area contributed by atoms with Crippen molar-refractivity contribution in [3.05, 3.63) is 0 Å². The maximum atomic E-state index is 11.4. The van der Waals surface area contributed by atoms with E-state index in [-0.39, 0.29) is 18.2 Å². The van der Waals surface area contributed by atoms with Crippen LogP contribution in [0.2, 0.25) is 0 Å². The van der Waals surface area contributed by atoms with Gasteiger partial charge in [0, 0.05) is 18.9 Å². The molecule has 0 heterocycles. The number of carboxylic acid groups (broad SMARTS) is 1. The molecule has 0 rings (SSSR count). The molecule has 2 N–H and O–H groups in total. The van der Waals surface area contributed by atoms with Gasteiger partial charge in [-0.3, -0.25) is 9.59 Å². The van der Waals surface area contributed by atoms with Crippen LogP contribution in [0.3, 0.4) is 0 Å². The molecule has 94 valence electrons. The predicted molar refractivity (Wildman–Crippen MR) is 63.2 cm³/mol. The van der Waals surface area contributed by atoms with Gasteiger partial charge in [-0.1, -0.05) is 26.7 Å². The molecule has 1 atom stereocenters. The van der Waals surface area contributed by atoms with Gasteiger partial charge < -0.3 is 10.4 Å². The quantitative estimate of drug-likeness (QED) is 0.595. The number of carbonyl (C=O) groups excluding carboxylic acids is 1. The molecule has 1 unspecified atom stereocenters. The van der Waals surface area contributed by atoms with E-state index in [0.717, 1.165) is 32.1 Å². The van der Waals surface area contributed by atoms with Crippen molar-refractivity contribution in [1.82, 2.24) is 5.32 Å². The third-order valence-electron chi connectivity index (χ3n) is 2.68. The summed E-state index contributed by atoms with van der Waals surface area (Å²) in [7, 11) is 0. The number of hydrogen-bond donors (Lipinski definition) is 2. The van der Waals surface area contributed by atoms with Gasteiger partial charge >= 0.3 is 5.97 Å². The monoisotopic (exact) mass is 229 g/mol. The van der Waals surface area contributed by atoms with E-state index >= 15 is 0 Å². The second kappa shape index (κ2) is 9.19. The van der Waals surface area contributed by atoms with Crippen molar-refractivity contribution in [1.29, 1.82) is 0 Å². The highest BCUT2D eigenvalue weighted by molar-refractivity contribution is 5.78. The SMILES string of the molecule is CCC(C)C(=O)NCCCCCCC(=O)O. The summed E-state index contributed by atoms with van der Waals surface area (Å²) in [6.07, 6.45) is 4.68. The molecule has 0 saturated carbocycles. The van der Waals surface area contributed by atoms with Crippen molar-refractivity contribution >= 4 is 11.9 Å². The number of hydrogen-bond acceptors (Lipinski definition) is 2. The van der Waals surface area contributed by atoms with Gasteiger partial charge in [-0.2, -0.15) is 0 Å². The molecule has 1 amide bonds. The fraction of sp³-hybridized carbons (Fsp3) is 0.833. The fourth-order valence-electron chi connectivity index (χ4n) is 1.33. The zero-order chi connectivity index (χ0) is 12.4. The van der Waals surface area contributed by atoms with E-state index in [4.69, 9.17) is 5.11 Å². The van der Waals surface area contributed by atoms with Crippen molar-refractivity contribution in [2.24, 2.45) is 5.92 Å². The Kier molecular flexibility index (Phi) is 8.58. The third-order valence-corrected chi connectivity index (χ3v) is 2.68. The standard InChI is InChI=1S/C12H23NO3/c1-3-10(2)12(16)13-9-7-5-4-6-8-11(14)15/h10H,3-9H2,1-2H3,(H,13,16)(H,14,15). The van der Waals surface area contributed by atoms with Crippen molar-refractivity contribution in [3.8, 4) is 0 Å². The van der Waals surface area contributed by atoms with Crippen LogP contribution in [-0.4, -0.2) is 23.5 Å². The summed E-state index contributed by atoms with van der Waals surface area (Å²) in [4.78, 5) is 21.6. The molecule has 0 radical (unpaired) electrons. The summed E-state index contributed by atoms with van der Waals surface area (Å²) >= 11 is 0. The normalized spacial score (nSPS) is 12.1. The van der Waals surface area contributed by atoms with Crippen molar-refractivity contribution in [3.63, 3.8) is 0 Å². The third kappa shape index (κ3) is 8.26. The van der Waals surface area contributed by atoms with Gasteiger partial charge in [0.15, 0.2) is 0 Å². The Morgan fingerprint density at radius 1 is 1.19 bits per heavy atom. The van der Waals surface area contributed by atoms with E-state index in [1.165, 1.54) is 0 Å². The highest BCUT2D eigenvalue weighted by Gasteiger charge is 2.08. The van der Waals surface area contributed by atoms with Crippen molar-refractivity contribution in [2.75, 3.05) is 6.54 Å². The van der Waals surface area contributed by atoms with Gasteiger partial charge in [0.25, 0.3) is 0 Å². The van der Waals surface area contributed by atoms with Crippen LogP contribution in [0.25, 0.3) is 0 Å². The largest absolute Gasteiger partial charge is 0.481 e. The number of unbranched alkanes of at least 4 members (excludes halogenated alkanes) is 3. The summed E-state index contributed by atoms with van der Waals surface area (Å²) in [5.74, 6) is -0.523. The molecule has 0 fully saturated rings. The maximum absolute atomic E-state index is 11.4. The zero-order valence-corrected chi connectivity index (χ0v) is 10.3. The Morgan fingerprint density at radius 3 is 2.38 bits per heavy atom. The Hall–Kier alpha value is -1.06. The zero-order valence-electron chi connectivity index (χ0n) is 10.3. The van der Waals surface area contributed by atoms with E-state index < -0.39 is 5.97 Å². The summed E-state index contributed by atoms with van der Waals surface area (Å²) in [5.41, 5.74) is 0. The first-order chi connectivity index (χ1) is 7.57. The molecule has 0 aromatic rings. The Labute approximate surface area is 97.4 Å². The molecule has 16 heavy (non-hydrogen) atoms. The molecule has 0 spiro atoms. The van der Waals surface area contributed by atoms with E-state index in [1.54, 1.807) is 0 Å². The maximum Gasteiger partial charge on any atom is 0.303 e. The van der Waals surface area contributed by atoms with Gasteiger partial charge in [0.1, 0.15) is 0 Å². The number of aliphatic carboxylic acids is 1. The van der Waals surface area contributed by atoms with Gasteiger partial charge in [0.2, 0.25) is 5.91 Å². The first-order valence-corrected chi connectivity index (χ1v) is 6.07. The van der Waals surface area contributed by atoms with Crippen LogP contribution in [0.1, 0.15) is 52.4 Å². The summed E-state index contributed by atoms with van der Waals surface area (Å²) in [5, 5.41) is 11.3. The van der Waals surface area contributed by atoms with E-state index in [0.29, 0.717) is 6.54 Å². The van der Waals surface area contributed by atoms with Crippen LogP contribution in [0.4, 0.5) is 0 Å². The van der Waals surface area contributed by atoms with Gasteiger partial charge in [-0.15, -0.1) is 0 Å². The molecule has 0 saturated heterocycles. The average Bonchev–Trinajstić information content (AvgIpc) is 2.25. The van der Waals surface area contributed by atoms with E-state index in [1.807, 2.05) is 13.8 Å². The molecule has 4 heteroatoms. The number of amides is 1. The minimum absolute atomic E-state index is 0.0898. The number of carbonyl (C=O) groups is 2. The average molecular weight is 229 g/mol. The molecule has 0 aliphatic heterocycles. The summed E-state index contributed by atoms with van der Waals surface area (Å²) in [6.45, 7) is 4.62. The number of carboxylic acids is 1. The van der Waals surface area contributed by atoms with E-state index in [9.17, 15) is 9.59 Å². The molecule has 0 bridgehead atoms. The number of nitrogens with one attached hydrogen (secondary N) is 1. The van der Waals surface area contributed by atoms with Gasteiger partial charge in [0.05, 0.1) is 0 Å². The lowest BCUT2D eigenvalue weighted by Gasteiger charge is -2.09. The Morgan fingerprint density at radius 2 is 1.81 bits per heavy atom. The van der Waals surface area contributed by atoms with Crippen LogP contribution >= 0.6 is 0 Å². The predicted octanol–water partition coefficient (Wildman–Crippen LogP) is 2.18. The molecule has 0 aliphatic carbocycles. The molecular weight excluding hydrogens is 206 g/mol. The molecular formula is C12H23NO3. The van der Waals surface area contributed by atoms with Crippen LogP contribution in [0, 0.1) is 5.92 Å². The minimum Gasteiger partial charge on any atom is -0.481 e. The highest BCUT2D eigenvalue weighted by Crippen LogP contribution is 2.03. The Bertz CT molecular complexity index is 216. The summed E-state index contributed by atoms with van der Waals surface area (Å²) < 4.78 is 0. The van der Waals surface area contributed by atoms with Crippen molar-refractivity contribution in [2.45, 2.75) is 52.4 Å². The van der Waals surface area contributed by atoms with Gasteiger partial charge in [-0.25, -0.2) is 0 Å². The van der Waals surface area contributed by atoms with Crippen LogP contribution < -0.4 is 5.32 Å². The first kappa shape index (κ1) is 14.9. The number of rotatable bonds is 9. The smallest absolute Gasteiger partial charge is 0.303 e. The Balaban J connectivity index is 3.27. The fourth-order valence-corrected chi connectivity index (χ4v) is 1.33. The molecule has 0 aromatic carbocycles. The lowest BCUT2D eigenvalue weighted by molar-refractivity contribution is -0.137. The minimum atomic E-state index is -0.731. The van der Waals surface area contributed by atoms with Crippen LogP contribution in [0.15, 0.2) is 0 Å². The van der Waals surface area contributed by atoms with Gasteiger partial charge in [-0.05, 0) is 19.3 Å². The summed E-state index contributed by atoms with van der Waals surface area (Å²) in [6, 6.07) is 0. The topological polar surface area (TPSA) is 66.4 Å². The first-order valence-electron chi connectivity index (χ1n) is 6.07. The van der Waals surface area contributed by atoms with E-state index in [2.05, 4.69) is 5.32 Å². The highest BCUT2D eigenvalue weighted by atomic mass is 16.4. The lowest BCUT2D eigenvalue weighted by atomic mass is 10.1. The second-order valence-corrected chi connectivity index (χ2v) is 4.16. The molecule has 4 nitrogen and oxygen atoms in total. The molecule has 0 aliphatic rings. The molecule has 0 aromatic heterocycles.